The number of rotatable bonds is 4. The van der Waals surface area contributed by atoms with E-state index in [1.165, 1.54) is 16.7 Å². The largest absolute Gasteiger partial charge is 0.340 e. The molecule has 3 rings (SSSR count). The number of benzene rings is 2. The van der Waals surface area contributed by atoms with E-state index in [0.717, 1.165) is 20.2 Å². The van der Waals surface area contributed by atoms with Gasteiger partial charge in [-0.1, -0.05) is 54.1 Å². The van der Waals surface area contributed by atoms with Gasteiger partial charge < -0.3 is 4.90 Å². The van der Waals surface area contributed by atoms with Gasteiger partial charge >= 0.3 is 0 Å². The number of hydrogen-bond donors (Lipinski definition) is 0. The molecule has 0 aliphatic carbocycles. The predicted molar refractivity (Wildman–Crippen MR) is 93.5 cm³/mol. The Morgan fingerprint density at radius 2 is 1.86 bits per heavy atom. The van der Waals surface area contributed by atoms with Crippen LogP contribution >= 0.6 is 22.9 Å². The molecular formula is C18H16ClNOS. The van der Waals surface area contributed by atoms with Crippen molar-refractivity contribution in [2.45, 2.75) is 13.0 Å². The first-order chi connectivity index (χ1) is 10.6. The number of fused-ring (bicyclic) bond motifs is 1. The summed E-state index contributed by atoms with van der Waals surface area (Å²) in [6.07, 6.45) is 0.414. The van der Waals surface area contributed by atoms with Crippen molar-refractivity contribution < 1.29 is 4.79 Å². The van der Waals surface area contributed by atoms with Crippen molar-refractivity contribution in [1.29, 1.82) is 0 Å². The molecule has 0 fully saturated rings. The number of thiophene rings is 1. The summed E-state index contributed by atoms with van der Waals surface area (Å²) in [6.45, 7) is 0.598. The van der Waals surface area contributed by atoms with Crippen molar-refractivity contribution in [3.63, 3.8) is 0 Å². The molecule has 112 valence electrons. The topological polar surface area (TPSA) is 20.3 Å². The quantitative estimate of drug-likeness (QED) is 0.676. The maximum atomic E-state index is 12.5. The highest BCUT2D eigenvalue weighted by Crippen LogP contribution is 2.23. The van der Waals surface area contributed by atoms with E-state index in [1.54, 1.807) is 4.90 Å². The first-order valence-electron chi connectivity index (χ1n) is 7.08. The number of likely N-dealkylation sites (N-methyl/N-ethyl adjacent to an activating group) is 1. The third-order valence-electron chi connectivity index (χ3n) is 3.67. The average Bonchev–Trinajstić information content (AvgIpc) is 2.92. The lowest BCUT2D eigenvalue weighted by atomic mass is 10.0. The number of hydrogen-bond acceptors (Lipinski definition) is 2. The minimum absolute atomic E-state index is 0.112. The Bertz CT molecular complexity index is 806. The zero-order chi connectivity index (χ0) is 15.5. The Balaban J connectivity index is 1.75. The van der Waals surface area contributed by atoms with Crippen LogP contribution in [0.4, 0.5) is 0 Å². The van der Waals surface area contributed by atoms with Gasteiger partial charge in [0, 0.05) is 11.9 Å². The van der Waals surface area contributed by atoms with Crippen molar-refractivity contribution >= 4 is 39.6 Å². The molecule has 1 aromatic heterocycles. The molecule has 2 nitrogen and oxygen atoms in total. The summed E-state index contributed by atoms with van der Waals surface area (Å²) in [6, 6.07) is 18.1. The number of nitrogens with zero attached hydrogens (tertiary/aromatic N) is 1. The molecule has 0 N–H and O–H groups in total. The van der Waals surface area contributed by atoms with Gasteiger partial charge in [0.15, 0.2) is 0 Å². The number of halogens is 1. The van der Waals surface area contributed by atoms with Crippen molar-refractivity contribution in [2.75, 3.05) is 7.05 Å². The molecule has 0 atom stereocenters. The van der Waals surface area contributed by atoms with Crippen molar-refractivity contribution in [3.8, 4) is 0 Å². The molecule has 4 heteroatoms. The second kappa shape index (κ2) is 6.51. The van der Waals surface area contributed by atoms with Crippen LogP contribution in [0.5, 0.6) is 0 Å². The fraction of sp³-hybridized carbons (Fsp3) is 0.167. The molecule has 3 aromatic rings. The van der Waals surface area contributed by atoms with Crippen LogP contribution in [0.15, 0.2) is 54.6 Å². The summed E-state index contributed by atoms with van der Waals surface area (Å²) in [5.41, 5.74) is 1.07. The summed E-state index contributed by atoms with van der Waals surface area (Å²) in [5.74, 6) is 0.112. The molecule has 0 saturated heterocycles. The fourth-order valence-corrected chi connectivity index (χ4v) is 3.64. The molecule has 0 unspecified atom stereocenters. The number of carbonyl (C=O) groups excluding carboxylic acids is 1. The van der Waals surface area contributed by atoms with Gasteiger partial charge in [-0.15, -0.1) is 11.3 Å². The van der Waals surface area contributed by atoms with Crippen LogP contribution in [0.3, 0.4) is 0 Å². The first-order valence-corrected chi connectivity index (χ1v) is 8.28. The monoisotopic (exact) mass is 329 g/mol. The van der Waals surface area contributed by atoms with Gasteiger partial charge in [-0.25, -0.2) is 0 Å². The molecular weight excluding hydrogens is 314 g/mol. The molecule has 22 heavy (non-hydrogen) atoms. The summed E-state index contributed by atoms with van der Waals surface area (Å²) >= 11 is 7.45. The molecule has 1 amide bonds. The Morgan fingerprint density at radius 1 is 1.09 bits per heavy atom. The third-order valence-corrected chi connectivity index (χ3v) is 4.89. The van der Waals surface area contributed by atoms with E-state index >= 15 is 0 Å². The highest BCUT2D eigenvalue weighted by molar-refractivity contribution is 7.16. The molecule has 0 bridgehead atoms. The van der Waals surface area contributed by atoms with Crippen molar-refractivity contribution in [1.82, 2.24) is 4.90 Å². The third kappa shape index (κ3) is 3.32. The Hall–Kier alpha value is -1.84. The molecule has 0 radical (unpaired) electrons. The van der Waals surface area contributed by atoms with Gasteiger partial charge in [0.25, 0.3) is 0 Å². The van der Waals surface area contributed by atoms with Crippen LogP contribution < -0.4 is 0 Å². The number of carbonyl (C=O) groups is 1. The van der Waals surface area contributed by atoms with Crippen molar-refractivity contribution in [2.24, 2.45) is 0 Å². The highest BCUT2D eigenvalue weighted by Gasteiger charge is 2.12. The van der Waals surface area contributed by atoms with Crippen LogP contribution in [0.25, 0.3) is 10.8 Å². The molecule has 1 heterocycles. The minimum Gasteiger partial charge on any atom is -0.340 e. The first kappa shape index (κ1) is 15.1. The Labute approximate surface area is 138 Å². The molecule has 0 saturated carbocycles. The van der Waals surface area contributed by atoms with Crippen LogP contribution in [0.1, 0.15) is 10.4 Å². The SMILES string of the molecule is CN(Cc1ccc(Cl)s1)C(=O)Cc1cccc2ccccc12. The molecule has 0 aliphatic heterocycles. The van der Waals surface area contributed by atoms with E-state index in [0.29, 0.717) is 13.0 Å². The molecule has 0 aliphatic rings. The summed E-state index contributed by atoms with van der Waals surface area (Å²) in [7, 11) is 1.83. The zero-order valence-corrected chi connectivity index (χ0v) is 13.8. The van der Waals surface area contributed by atoms with Gasteiger partial charge in [-0.2, -0.15) is 0 Å². The molecule has 2 aromatic carbocycles. The van der Waals surface area contributed by atoms with Crippen LogP contribution in [-0.4, -0.2) is 17.9 Å². The average molecular weight is 330 g/mol. The van der Waals surface area contributed by atoms with Crippen molar-refractivity contribution in [3.05, 3.63) is 69.4 Å². The van der Waals surface area contributed by atoms with E-state index in [2.05, 4.69) is 18.2 Å². The van der Waals surface area contributed by atoms with Crippen LogP contribution in [0.2, 0.25) is 4.34 Å². The minimum atomic E-state index is 0.112. The van der Waals surface area contributed by atoms with E-state index in [9.17, 15) is 4.79 Å². The standard InChI is InChI=1S/C18H16ClNOS/c1-20(12-15-9-10-17(19)22-15)18(21)11-14-7-4-6-13-5-2-3-8-16(13)14/h2-10H,11-12H2,1H3. The van der Waals surface area contributed by atoms with Gasteiger partial charge in [0.05, 0.1) is 17.3 Å². The molecule has 0 spiro atoms. The predicted octanol–water partition coefficient (Wildman–Crippen LogP) is 4.76. The second-order valence-corrected chi connectivity index (χ2v) is 7.07. The Kier molecular flexibility index (Phi) is 4.46. The normalized spacial score (nSPS) is 10.8. The summed E-state index contributed by atoms with van der Waals surface area (Å²) in [4.78, 5) is 15.3. The lowest BCUT2D eigenvalue weighted by Crippen LogP contribution is -2.27. The van der Waals surface area contributed by atoms with E-state index in [-0.39, 0.29) is 5.91 Å². The highest BCUT2D eigenvalue weighted by atomic mass is 35.5. The fourth-order valence-electron chi connectivity index (χ4n) is 2.50. The van der Waals surface area contributed by atoms with Gasteiger partial charge in [-0.3, -0.25) is 4.79 Å². The van der Waals surface area contributed by atoms with E-state index in [4.69, 9.17) is 11.6 Å². The van der Waals surface area contributed by atoms with Crippen LogP contribution in [0, 0.1) is 0 Å². The van der Waals surface area contributed by atoms with E-state index in [1.807, 2.05) is 43.4 Å². The van der Waals surface area contributed by atoms with E-state index < -0.39 is 0 Å². The maximum Gasteiger partial charge on any atom is 0.227 e. The lowest BCUT2D eigenvalue weighted by Gasteiger charge is -2.17. The summed E-state index contributed by atoms with van der Waals surface area (Å²) in [5, 5.41) is 2.31. The van der Waals surface area contributed by atoms with Gasteiger partial charge in [-0.05, 0) is 28.5 Å². The number of amides is 1. The smallest absolute Gasteiger partial charge is 0.227 e. The lowest BCUT2D eigenvalue weighted by molar-refractivity contribution is -0.129. The zero-order valence-electron chi connectivity index (χ0n) is 12.3. The van der Waals surface area contributed by atoms with Gasteiger partial charge in [0.2, 0.25) is 5.91 Å². The van der Waals surface area contributed by atoms with Gasteiger partial charge in [0.1, 0.15) is 0 Å². The summed E-state index contributed by atoms with van der Waals surface area (Å²) < 4.78 is 0.755. The van der Waals surface area contributed by atoms with Crippen LogP contribution in [-0.2, 0) is 17.8 Å². The second-order valence-electron chi connectivity index (χ2n) is 5.27. The Morgan fingerprint density at radius 3 is 2.64 bits per heavy atom. The maximum absolute atomic E-state index is 12.5.